The van der Waals surface area contributed by atoms with Gasteiger partial charge in [-0.25, -0.2) is 4.98 Å². The van der Waals surface area contributed by atoms with E-state index in [0.29, 0.717) is 25.3 Å². The molecule has 0 radical (unpaired) electrons. The van der Waals surface area contributed by atoms with Crippen LogP contribution in [0.2, 0.25) is 0 Å². The number of hydrogen-bond donors (Lipinski definition) is 2. The number of nitrogens with zero attached hydrogens (tertiary/aromatic N) is 3. The number of rotatable bonds is 3. The number of carbonyl (C=O) groups is 1. The Morgan fingerprint density at radius 1 is 1.46 bits per heavy atom. The smallest absolute Gasteiger partial charge is 0.267 e. The van der Waals surface area contributed by atoms with Crippen molar-refractivity contribution in [2.45, 2.75) is 25.8 Å². The number of thiazole rings is 1. The second kappa shape index (κ2) is 6.81. The van der Waals surface area contributed by atoms with Crippen molar-refractivity contribution < 1.29 is 4.79 Å². The van der Waals surface area contributed by atoms with Gasteiger partial charge in [0.15, 0.2) is 9.08 Å². The minimum atomic E-state index is -0.410. The number of nitrogens with two attached hydrogens (primary N) is 1. The Labute approximate surface area is 156 Å². The Morgan fingerprint density at radius 2 is 2.25 bits per heavy atom. The van der Waals surface area contributed by atoms with Crippen LogP contribution in [0.15, 0.2) is 27.4 Å². The number of aromatic nitrogens is 2. The Balaban J connectivity index is 1.85. The van der Waals surface area contributed by atoms with E-state index in [1.807, 2.05) is 19.9 Å². The molecule has 3 N–H and O–H groups in total. The maximum absolute atomic E-state index is 12.4. The molecular formula is C15H16BrN5OS2. The molecule has 2 aromatic heterocycles. The van der Waals surface area contributed by atoms with Crippen LogP contribution in [0.5, 0.6) is 0 Å². The summed E-state index contributed by atoms with van der Waals surface area (Å²) in [6, 6.07) is 1.91. The Morgan fingerprint density at radius 3 is 2.92 bits per heavy atom. The van der Waals surface area contributed by atoms with E-state index in [9.17, 15) is 4.79 Å². The number of anilines is 1. The maximum atomic E-state index is 12.4. The van der Waals surface area contributed by atoms with Crippen molar-refractivity contribution in [2.24, 2.45) is 10.7 Å². The lowest BCUT2D eigenvalue weighted by atomic mass is 9.91. The lowest BCUT2D eigenvalue weighted by Crippen LogP contribution is -2.29. The van der Waals surface area contributed by atoms with Crippen LogP contribution in [0, 0.1) is 6.92 Å². The number of pyridine rings is 1. The first-order chi connectivity index (χ1) is 11.4. The largest absolute Gasteiger partial charge is 0.379 e. The highest BCUT2D eigenvalue weighted by atomic mass is 79.9. The minimum Gasteiger partial charge on any atom is -0.379 e. The molecule has 0 spiro atoms. The normalized spacial score (nSPS) is 20.5. The first kappa shape index (κ1) is 17.4. The lowest BCUT2D eigenvalue weighted by molar-refractivity contribution is 0.102. The molecule has 0 fully saturated rings. The average Bonchev–Trinajstić information content (AvgIpc) is 2.86. The van der Waals surface area contributed by atoms with Crippen molar-refractivity contribution in [1.29, 1.82) is 0 Å². The molecule has 1 amide bonds. The molecule has 6 nitrogen and oxygen atoms in total. The number of hydrogen-bond acceptors (Lipinski definition) is 7. The van der Waals surface area contributed by atoms with Crippen molar-refractivity contribution in [3.8, 4) is 0 Å². The lowest BCUT2D eigenvalue weighted by Gasteiger charge is -2.29. The molecule has 0 saturated heterocycles. The number of amides is 1. The molecule has 0 saturated carbocycles. The van der Waals surface area contributed by atoms with E-state index in [1.54, 1.807) is 24.2 Å². The van der Waals surface area contributed by atoms with E-state index in [0.717, 1.165) is 17.7 Å². The first-order valence-corrected chi connectivity index (χ1v) is 9.85. The zero-order chi connectivity index (χ0) is 17.3. The number of carbonyl (C=O) groups excluding carboxylic acids is 1. The molecule has 0 bridgehead atoms. The van der Waals surface area contributed by atoms with Crippen LogP contribution >= 0.6 is 39.0 Å². The zero-order valence-corrected chi connectivity index (χ0v) is 16.4. The van der Waals surface area contributed by atoms with Crippen molar-refractivity contribution in [3.63, 3.8) is 0 Å². The van der Waals surface area contributed by atoms with Crippen molar-refractivity contribution in [2.75, 3.05) is 11.1 Å². The van der Waals surface area contributed by atoms with E-state index in [1.165, 1.54) is 11.3 Å². The number of thioether (sulfide) groups is 1. The maximum Gasteiger partial charge on any atom is 0.267 e. The number of nitrogens with one attached hydrogen (secondary N) is 1. The van der Waals surface area contributed by atoms with Crippen LogP contribution in [0.3, 0.4) is 0 Å². The number of aliphatic imine (C=N–C) groups is 1. The van der Waals surface area contributed by atoms with Gasteiger partial charge in [0, 0.05) is 11.9 Å². The van der Waals surface area contributed by atoms with Crippen molar-refractivity contribution in [3.05, 3.63) is 38.5 Å². The van der Waals surface area contributed by atoms with E-state index >= 15 is 0 Å². The molecule has 1 atom stereocenters. The molecule has 9 heteroatoms. The van der Waals surface area contributed by atoms with Gasteiger partial charge in [0.2, 0.25) is 0 Å². The van der Waals surface area contributed by atoms with Gasteiger partial charge in [0.25, 0.3) is 5.91 Å². The van der Waals surface area contributed by atoms with Crippen LogP contribution in [0.4, 0.5) is 5.69 Å². The van der Waals surface area contributed by atoms with E-state index < -0.39 is 5.54 Å². The molecule has 0 aliphatic carbocycles. The third-order valence-electron chi connectivity index (χ3n) is 3.79. The fourth-order valence-electron chi connectivity index (χ4n) is 2.46. The third kappa shape index (κ3) is 3.62. The minimum absolute atomic E-state index is 0.193. The summed E-state index contributed by atoms with van der Waals surface area (Å²) in [5.74, 6) is 0.721. The van der Waals surface area contributed by atoms with Crippen molar-refractivity contribution in [1.82, 2.24) is 9.97 Å². The SMILES string of the molecule is Cc1nc(Br)sc1C(=O)Nc1cncc([C@]2(C)CCSC(N)=N2)c1. The van der Waals surface area contributed by atoms with Gasteiger partial charge in [-0.2, -0.15) is 0 Å². The van der Waals surface area contributed by atoms with Gasteiger partial charge >= 0.3 is 0 Å². The van der Waals surface area contributed by atoms with Gasteiger partial charge in [0.1, 0.15) is 4.88 Å². The Kier molecular flexibility index (Phi) is 4.93. The van der Waals surface area contributed by atoms with Gasteiger partial charge < -0.3 is 11.1 Å². The quantitative estimate of drug-likeness (QED) is 0.783. The number of amidine groups is 1. The summed E-state index contributed by atoms with van der Waals surface area (Å²) in [6.45, 7) is 3.84. The van der Waals surface area contributed by atoms with Gasteiger partial charge in [-0.15, -0.1) is 11.3 Å². The molecule has 3 rings (SSSR count). The van der Waals surface area contributed by atoms with Gasteiger partial charge in [-0.05, 0) is 47.8 Å². The molecule has 2 aromatic rings. The molecule has 1 aliphatic heterocycles. The summed E-state index contributed by atoms with van der Waals surface area (Å²) in [7, 11) is 0. The highest BCUT2D eigenvalue weighted by Crippen LogP contribution is 2.35. The van der Waals surface area contributed by atoms with Crippen LogP contribution in [-0.4, -0.2) is 26.8 Å². The van der Waals surface area contributed by atoms with Crippen LogP contribution in [0.1, 0.15) is 34.3 Å². The van der Waals surface area contributed by atoms with Crippen LogP contribution in [-0.2, 0) is 5.54 Å². The highest BCUT2D eigenvalue weighted by Gasteiger charge is 2.30. The summed E-state index contributed by atoms with van der Waals surface area (Å²) < 4.78 is 0.689. The van der Waals surface area contributed by atoms with E-state index in [-0.39, 0.29) is 5.91 Å². The fraction of sp³-hybridized carbons (Fsp3) is 0.333. The number of halogens is 1. The van der Waals surface area contributed by atoms with Gasteiger partial charge in [0.05, 0.1) is 23.1 Å². The average molecular weight is 426 g/mol. The second-order valence-electron chi connectivity index (χ2n) is 5.62. The van der Waals surface area contributed by atoms with Crippen LogP contribution < -0.4 is 11.1 Å². The predicted octanol–water partition coefficient (Wildman–Crippen LogP) is 3.53. The Hall–Kier alpha value is -1.45. The van der Waals surface area contributed by atoms with Gasteiger partial charge in [-0.3, -0.25) is 14.8 Å². The highest BCUT2D eigenvalue weighted by molar-refractivity contribution is 9.11. The standard InChI is InChI=1S/C15H16BrN5OS2/c1-8-11(24-13(16)19-8)12(22)20-10-5-9(6-18-7-10)15(2)3-4-23-14(17)21-15/h5-7H,3-4H2,1-2H3,(H2,17,21)(H,20,22)/t15-/m0/s1. The molecular weight excluding hydrogens is 410 g/mol. The van der Waals surface area contributed by atoms with Crippen molar-refractivity contribution >= 4 is 55.8 Å². The van der Waals surface area contributed by atoms with Crippen LogP contribution in [0.25, 0.3) is 0 Å². The summed E-state index contributed by atoms with van der Waals surface area (Å²) >= 11 is 6.16. The third-order valence-corrected chi connectivity index (χ3v) is 6.19. The first-order valence-electron chi connectivity index (χ1n) is 7.25. The molecule has 3 heterocycles. The molecule has 1 aliphatic rings. The molecule has 0 aromatic carbocycles. The van der Waals surface area contributed by atoms with E-state index in [2.05, 4.69) is 36.2 Å². The molecule has 126 valence electrons. The summed E-state index contributed by atoms with van der Waals surface area (Å²) in [5, 5.41) is 3.47. The summed E-state index contributed by atoms with van der Waals surface area (Å²) in [5.41, 5.74) is 7.73. The number of aryl methyl sites for hydroxylation is 1. The molecule has 0 unspecified atom stereocenters. The molecule has 24 heavy (non-hydrogen) atoms. The second-order valence-corrected chi connectivity index (χ2v) is 9.01. The van der Waals surface area contributed by atoms with Gasteiger partial charge in [-0.1, -0.05) is 11.8 Å². The monoisotopic (exact) mass is 425 g/mol. The predicted molar refractivity (Wildman–Crippen MR) is 103 cm³/mol. The van der Waals surface area contributed by atoms with E-state index in [4.69, 9.17) is 5.73 Å². The topological polar surface area (TPSA) is 93.3 Å². The summed E-state index contributed by atoms with van der Waals surface area (Å²) in [6.07, 6.45) is 4.27. The fourth-order valence-corrected chi connectivity index (χ4v) is 4.87. The zero-order valence-electron chi connectivity index (χ0n) is 13.2. The summed E-state index contributed by atoms with van der Waals surface area (Å²) in [4.78, 5) is 26.0. The Bertz CT molecular complexity index is 822.